The summed E-state index contributed by atoms with van der Waals surface area (Å²) in [6, 6.07) is 6.93. The SMILES string of the molecule is CC(NC(=O)CC(C)(C)C)c1cccc(C(O)NO)c1. The molecule has 0 spiro atoms. The molecular formula is C15H24N2O3. The van der Waals surface area contributed by atoms with E-state index >= 15 is 0 Å². The lowest BCUT2D eigenvalue weighted by molar-refractivity contribution is -0.123. The average molecular weight is 280 g/mol. The second kappa shape index (κ2) is 6.83. The summed E-state index contributed by atoms with van der Waals surface area (Å²) in [5, 5.41) is 21.2. The number of hydrogen-bond acceptors (Lipinski definition) is 4. The van der Waals surface area contributed by atoms with Crippen molar-refractivity contribution in [2.45, 2.75) is 46.4 Å². The van der Waals surface area contributed by atoms with Crippen LogP contribution in [0.5, 0.6) is 0 Å². The van der Waals surface area contributed by atoms with Gasteiger partial charge in [-0.3, -0.25) is 4.79 Å². The lowest BCUT2D eigenvalue weighted by Gasteiger charge is -2.21. The molecule has 5 heteroatoms. The van der Waals surface area contributed by atoms with Crippen molar-refractivity contribution >= 4 is 5.91 Å². The van der Waals surface area contributed by atoms with Crippen molar-refractivity contribution in [3.05, 3.63) is 35.4 Å². The first-order valence-corrected chi connectivity index (χ1v) is 6.70. The Morgan fingerprint density at radius 2 is 1.90 bits per heavy atom. The van der Waals surface area contributed by atoms with Gasteiger partial charge in [-0.15, -0.1) is 0 Å². The fourth-order valence-corrected chi connectivity index (χ4v) is 1.93. The van der Waals surface area contributed by atoms with Gasteiger partial charge in [0.15, 0.2) is 6.23 Å². The van der Waals surface area contributed by atoms with Crippen molar-refractivity contribution in [1.29, 1.82) is 0 Å². The van der Waals surface area contributed by atoms with E-state index in [2.05, 4.69) is 5.32 Å². The molecule has 0 aromatic heterocycles. The van der Waals surface area contributed by atoms with Crippen LogP contribution in [0.25, 0.3) is 0 Å². The van der Waals surface area contributed by atoms with Crippen LogP contribution >= 0.6 is 0 Å². The Labute approximate surface area is 120 Å². The van der Waals surface area contributed by atoms with Gasteiger partial charge in [0.2, 0.25) is 5.91 Å². The first-order valence-electron chi connectivity index (χ1n) is 6.70. The summed E-state index contributed by atoms with van der Waals surface area (Å²) in [4.78, 5) is 11.9. The lowest BCUT2D eigenvalue weighted by Crippen LogP contribution is -2.30. The molecule has 0 saturated carbocycles. The zero-order valence-electron chi connectivity index (χ0n) is 12.5. The number of aliphatic hydroxyl groups is 1. The molecule has 20 heavy (non-hydrogen) atoms. The standard InChI is InChI=1S/C15H24N2O3/c1-10(16-13(18)9-15(2,3)4)11-6-5-7-12(8-11)14(19)17-20/h5-8,10,14,17,19-20H,9H2,1-4H3,(H,16,18). The highest BCUT2D eigenvalue weighted by Crippen LogP contribution is 2.21. The molecule has 0 fully saturated rings. The molecule has 5 nitrogen and oxygen atoms in total. The molecule has 1 aromatic carbocycles. The predicted molar refractivity (Wildman–Crippen MR) is 77.0 cm³/mol. The van der Waals surface area contributed by atoms with Crippen LogP contribution in [0, 0.1) is 5.41 Å². The number of hydrogen-bond donors (Lipinski definition) is 4. The minimum Gasteiger partial charge on any atom is -0.372 e. The zero-order chi connectivity index (χ0) is 15.3. The van der Waals surface area contributed by atoms with E-state index in [1.807, 2.05) is 33.8 Å². The van der Waals surface area contributed by atoms with Crippen molar-refractivity contribution in [3.8, 4) is 0 Å². The first-order chi connectivity index (χ1) is 9.23. The Morgan fingerprint density at radius 3 is 2.45 bits per heavy atom. The van der Waals surface area contributed by atoms with E-state index in [9.17, 15) is 9.90 Å². The van der Waals surface area contributed by atoms with E-state index in [-0.39, 0.29) is 17.4 Å². The quantitative estimate of drug-likeness (QED) is 0.492. The molecule has 0 heterocycles. The summed E-state index contributed by atoms with van der Waals surface area (Å²) in [6.45, 7) is 7.93. The summed E-state index contributed by atoms with van der Waals surface area (Å²) in [5.41, 5.74) is 3.15. The number of benzene rings is 1. The molecular weight excluding hydrogens is 256 g/mol. The van der Waals surface area contributed by atoms with Gasteiger partial charge in [-0.1, -0.05) is 39.0 Å². The van der Waals surface area contributed by atoms with Crippen LogP contribution in [-0.4, -0.2) is 16.2 Å². The van der Waals surface area contributed by atoms with Crippen LogP contribution in [-0.2, 0) is 4.79 Å². The maximum atomic E-state index is 11.9. The molecule has 112 valence electrons. The molecule has 1 rings (SSSR count). The molecule has 4 N–H and O–H groups in total. The van der Waals surface area contributed by atoms with Crippen molar-refractivity contribution in [2.24, 2.45) is 5.41 Å². The zero-order valence-corrected chi connectivity index (χ0v) is 12.5. The summed E-state index contributed by atoms with van der Waals surface area (Å²) in [6.07, 6.45) is -0.676. The number of aliphatic hydroxyl groups excluding tert-OH is 1. The highest BCUT2D eigenvalue weighted by Gasteiger charge is 2.18. The van der Waals surface area contributed by atoms with E-state index in [4.69, 9.17) is 5.21 Å². The van der Waals surface area contributed by atoms with E-state index in [0.29, 0.717) is 12.0 Å². The third-order valence-electron chi connectivity index (χ3n) is 2.92. The molecule has 0 saturated heterocycles. The Morgan fingerprint density at radius 1 is 1.30 bits per heavy atom. The highest BCUT2D eigenvalue weighted by molar-refractivity contribution is 5.77. The van der Waals surface area contributed by atoms with Gasteiger partial charge >= 0.3 is 0 Å². The van der Waals surface area contributed by atoms with Gasteiger partial charge in [0.1, 0.15) is 0 Å². The second-order valence-electron chi connectivity index (χ2n) is 6.23. The van der Waals surface area contributed by atoms with Crippen LogP contribution in [0.3, 0.4) is 0 Å². The summed E-state index contributed by atoms with van der Waals surface area (Å²) in [7, 11) is 0. The van der Waals surface area contributed by atoms with E-state index in [0.717, 1.165) is 5.56 Å². The maximum Gasteiger partial charge on any atom is 0.220 e. The number of hydroxylamine groups is 1. The Balaban J connectivity index is 2.72. The Kier molecular flexibility index (Phi) is 5.68. The monoisotopic (exact) mass is 280 g/mol. The van der Waals surface area contributed by atoms with Crippen molar-refractivity contribution in [3.63, 3.8) is 0 Å². The van der Waals surface area contributed by atoms with Gasteiger partial charge < -0.3 is 15.6 Å². The number of rotatable bonds is 5. The number of nitrogens with one attached hydrogen (secondary N) is 2. The van der Waals surface area contributed by atoms with Crippen molar-refractivity contribution in [2.75, 3.05) is 0 Å². The van der Waals surface area contributed by atoms with Crippen LogP contribution in [0.4, 0.5) is 0 Å². The van der Waals surface area contributed by atoms with Crippen molar-refractivity contribution in [1.82, 2.24) is 10.8 Å². The van der Waals surface area contributed by atoms with Crippen LogP contribution < -0.4 is 10.8 Å². The van der Waals surface area contributed by atoms with E-state index in [1.165, 1.54) is 0 Å². The summed E-state index contributed by atoms with van der Waals surface area (Å²) >= 11 is 0. The van der Waals surface area contributed by atoms with Crippen LogP contribution in [0.2, 0.25) is 0 Å². The highest BCUT2D eigenvalue weighted by atomic mass is 16.5. The summed E-state index contributed by atoms with van der Waals surface area (Å²) < 4.78 is 0. The van der Waals surface area contributed by atoms with E-state index < -0.39 is 6.23 Å². The average Bonchev–Trinajstić information content (AvgIpc) is 2.35. The normalized spacial score (nSPS) is 14.7. The van der Waals surface area contributed by atoms with Gasteiger partial charge in [-0.05, 0) is 29.5 Å². The van der Waals surface area contributed by atoms with Crippen LogP contribution in [0.1, 0.15) is 57.5 Å². The van der Waals surface area contributed by atoms with E-state index in [1.54, 1.807) is 23.7 Å². The molecule has 2 atom stereocenters. The van der Waals surface area contributed by atoms with Crippen molar-refractivity contribution < 1.29 is 15.1 Å². The Hall–Kier alpha value is -1.43. The molecule has 0 aliphatic heterocycles. The molecule has 0 aliphatic rings. The fraction of sp³-hybridized carbons (Fsp3) is 0.533. The topological polar surface area (TPSA) is 81.6 Å². The Bertz CT molecular complexity index is 455. The maximum absolute atomic E-state index is 11.9. The molecule has 0 radical (unpaired) electrons. The smallest absolute Gasteiger partial charge is 0.220 e. The third-order valence-corrected chi connectivity index (χ3v) is 2.92. The predicted octanol–water partition coefficient (Wildman–Crippen LogP) is 2.27. The molecule has 1 amide bonds. The molecule has 1 aromatic rings. The molecule has 2 unspecified atom stereocenters. The van der Waals surface area contributed by atoms with Gasteiger partial charge in [-0.2, -0.15) is 5.48 Å². The van der Waals surface area contributed by atoms with Gasteiger partial charge in [0.25, 0.3) is 0 Å². The molecule has 0 bridgehead atoms. The van der Waals surface area contributed by atoms with Crippen LogP contribution in [0.15, 0.2) is 24.3 Å². The second-order valence-corrected chi connectivity index (χ2v) is 6.23. The molecule has 0 aliphatic carbocycles. The van der Waals surface area contributed by atoms with Gasteiger partial charge in [0.05, 0.1) is 6.04 Å². The summed E-state index contributed by atoms with van der Waals surface area (Å²) in [5.74, 6) is -0.00349. The van der Waals surface area contributed by atoms with Gasteiger partial charge in [0, 0.05) is 6.42 Å². The number of amides is 1. The number of carbonyl (C=O) groups excluding carboxylic acids is 1. The van der Waals surface area contributed by atoms with Gasteiger partial charge in [-0.25, -0.2) is 0 Å². The minimum absolute atomic E-state index is 0.00349. The largest absolute Gasteiger partial charge is 0.372 e. The number of carbonyl (C=O) groups is 1. The fourth-order valence-electron chi connectivity index (χ4n) is 1.93. The lowest BCUT2D eigenvalue weighted by atomic mass is 9.91. The minimum atomic E-state index is -1.13. The third kappa shape index (κ3) is 5.28. The first kappa shape index (κ1) is 16.6.